The first-order valence-electron chi connectivity index (χ1n) is 8.26. The topological polar surface area (TPSA) is 26.2 Å². The Balaban J connectivity index is 1.65. The van der Waals surface area contributed by atoms with Crippen LogP contribution in [0.3, 0.4) is 0 Å². The van der Waals surface area contributed by atoms with Gasteiger partial charge in [0, 0.05) is 36.3 Å². The number of rotatable bonds is 9. The minimum Gasteiger partial charge on any atom is -0.380 e. The van der Waals surface area contributed by atoms with Gasteiger partial charge in [0.2, 0.25) is 0 Å². The summed E-state index contributed by atoms with van der Waals surface area (Å²) in [5.74, 6) is 0. The predicted molar refractivity (Wildman–Crippen MR) is 87.8 cm³/mol. The van der Waals surface area contributed by atoms with Gasteiger partial charge in [-0.2, -0.15) is 0 Å². The van der Waals surface area contributed by atoms with Crippen LogP contribution in [0.15, 0.2) is 30.5 Å². The molecule has 1 heterocycles. The number of nitrogens with one attached hydrogen (secondary N) is 1. The summed E-state index contributed by atoms with van der Waals surface area (Å²) >= 11 is 0. The number of hydrogen-bond donors (Lipinski definition) is 1. The Kier molecular flexibility index (Phi) is 4.94. The second kappa shape index (κ2) is 7.10. The summed E-state index contributed by atoms with van der Waals surface area (Å²) in [5, 5.41) is 5.00. The highest BCUT2D eigenvalue weighted by molar-refractivity contribution is 5.83. The van der Waals surface area contributed by atoms with Crippen LogP contribution in [0.4, 0.5) is 0 Å². The summed E-state index contributed by atoms with van der Waals surface area (Å²) in [5.41, 5.74) is 2.81. The Morgan fingerprint density at radius 3 is 2.95 bits per heavy atom. The Morgan fingerprint density at radius 1 is 1.29 bits per heavy atom. The third-order valence-electron chi connectivity index (χ3n) is 4.19. The van der Waals surface area contributed by atoms with E-state index in [2.05, 4.69) is 40.3 Å². The maximum atomic E-state index is 5.50. The van der Waals surface area contributed by atoms with Gasteiger partial charge in [-0.15, -0.1) is 0 Å². The normalized spacial score (nSPS) is 14.9. The molecule has 0 atom stereocenters. The fourth-order valence-corrected chi connectivity index (χ4v) is 2.89. The van der Waals surface area contributed by atoms with Crippen LogP contribution in [0.25, 0.3) is 10.9 Å². The van der Waals surface area contributed by atoms with E-state index in [0.29, 0.717) is 0 Å². The van der Waals surface area contributed by atoms with Gasteiger partial charge in [-0.3, -0.25) is 0 Å². The molecule has 3 nitrogen and oxygen atoms in total. The molecule has 0 saturated heterocycles. The van der Waals surface area contributed by atoms with Gasteiger partial charge >= 0.3 is 0 Å². The largest absolute Gasteiger partial charge is 0.380 e. The molecule has 1 aliphatic carbocycles. The van der Waals surface area contributed by atoms with Crippen LogP contribution in [-0.4, -0.2) is 30.4 Å². The van der Waals surface area contributed by atoms with Crippen LogP contribution in [0.1, 0.15) is 31.7 Å². The van der Waals surface area contributed by atoms with Crippen molar-refractivity contribution in [3.63, 3.8) is 0 Å². The molecule has 1 aliphatic rings. The van der Waals surface area contributed by atoms with Crippen molar-refractivity contribution < 1.29 is 4.74 Å². The molecule has 1 aromatic carbocycles. The van der Waals surface area contributed by atoms with Crippen molar-refractivity contribution in [3.05, 3.63) is 36.0 Å². The van der Waals surface area contributed by atoms with Crippen LogP contribution in [0, 0.1) is 0 Å². The van der Waals surface area contributed by atoms with Gasteiger partial charge in [-0.05, 0) is 50.8 Å². The summed E-state index contributed by atoms with van der Waals surface area (Å²) < 4.78 is 7.84. The van der Waals surface area contributed by atoms with Gasteiger partial charge in [-0.25, -0.2) is 0 Å². The van der Waals surface area contributed by atoms with Gasteiger partial charge < -0.3 is 14.6 Å². The van der Waals surface area contributed by atoms with Crippen molar-refractivity contribution in [3.8, 4) is 0 Å². The van der Waals surface area contributed by atoms with Crippen LogP contribution < -0.4 is 5.32 Å². The van der Waals surface area contributed by atoms with E-state index in [1.165, 1.54) is 35.7 Å². The molecule has 114 valence electrons. The highest BCUT2D eigenvalue weighted by Gasteiger charge is 2.19. The van der Waals surface area contributed by atoms with Gasteiger partial charge in [0.1, 0.15) is 0 Å². The fourth-order valence-electron chi connectivity index (χ4n) is 2.89. The second-order valence-electron chi connectivity index (χ2n) is 5.89. The Bertz CT molecular complexity index is 572. The molecule has 1 aromatic heterocycles. The van der Waals surface area contributed by atoms with Crippen molar-refractivity contribution in [2.75, 3.05) is 19.8 Å². The van der Waals surface area contributed by atoms with Gasteiger partial charge in [-0.1, -0.05) is 18.2 Å². The molecule has 0 spiro atoms. The molecule has 0 unspecified atom stereocenters. The van der Waals surface area contributed by atoms with Crippen molar-refractivity contribution in [1.29, 1.82) is 0 Å². The van der Waals surface area contributed by atoms with Gasteiger partial charge in [0.15, 0.2) is 0 Å². The Labute approximate surface area is 127 Å². The van der Waals surface area contributed by atoms with Gasteiger partial charge in [0.25, 0.3) is 0 Å². The summed E-state index contributed by atoms with van der Waals surface area (Å²) in [6.45, 7) is 5.71. The third kappa shape index (κ3) is 3.86. The molecule has 3 heteroatoms. The lowest BCUT2D eigenvalue weighted by Crippen LogP contribution is -2.17. The highest BCUT2D eigenvalue weighted by Crippen LogP contribution is 2.23. The van der Waals surface area contributed by atoms with Crippen molar-refractivity contribution in [1.82, 2.24) is 9.88 Å². The molecule has 1 N–H and O–H groups in total. The monoisotopic (exact) mass is 286 g/mol. The number of ether oxygens (including phenoxy) is 1. The van der Waals surface area contributed by atoms with E-state index >= 15 is 0 Å². The maximum absolute atomic E-state index is 5.50. The van der Waals surface area contributed by atoms with Crippen molar-refractivity contribution in [2.45, 2.75) is 45.2 Å². The molecule has 1 saturated carbocycles. The first kappa shape index (κ1) is 14.6. The lowest BCUT2D eigenvalue weighted by atomic mass is 10.1. The molecule has 0 amide bonds. The summed E-state index contributed by atoms with van der Waals surface area (Å²) in [4.78, 5) is 0. The predicted octanol–water partition coefficient (Wildman–Crippen LogP) is 3.36. The summed E-state index contributed by atoms with van der Waals surface area (Å²) in [6, 6.07) is 9.54. The number of benzene rings is 1. The quantitative estimate of drug-likeness (QED) is 0.715. The van der Waals surface area contributed by atoms with Crippen LogP contribution in [0.5, 0.6) is 0 Å². The van der Waals surface area contributed by atoms with E-state index in [1.54, 1.807) is 0 Å². The van der Waals surface area contributed by atoms with E-state index in [1.807, 2.05) is 6.92 Å². The molecule has 0 aliphatic heterocycles. The van der Waals surface area contributed by atoms with E-state index < -0.39 is 0 Å². The van der Waals surface area contributed by atoms with Gasteiger partial charge in [0.05, 0.1) is 6.61 Å². The number of para-hydroxylation sites is 1. The van der Waals surface area contributed by atoms with E-state index in [9.17, 15) is 0 Å². The average Bonchev–Trinajstić information content (AvgIpc) is 3.27. The maximum Gasteiger partial charge on any atom is 0.0645 e. The van der Waals surface area contributed by atoms with Crippen molar-refractivity contribution >= 4 is 10.9 Å². The number of fused-ring (bicyclic) bond motifs is 1. The highest BCUT2D eigenvalue weighted by atomic mass is 16.5. The van der Waals surface area contributed by atoms with E-state index in [4.69, 9.17) is 4.74 Å². The minimum atomic E-state index is 0.790. The third-order valence-corrected chi connectivity index (χ3v) is 4.19. The van der Waals surface area contributed by atoms with Crippen LogP contribution >= 0.6 is 0 Å². The lowest BCUT2D eigenvalue weighted by molar-refractivity contribution is 0.140. The summed E-state index contributed by atoms with van der Waals surface area (Å²) in [7, 11) is 0. The van der Waals surface area contributed by atoms with Crippen LogP contribution in [-0.2, 0) is 17.7 Å². The summed E-state index contributed by atoms with van der Waals surface area (Å²) in [6.07, 6.45) is 7.44. The number of aryl methyl sites for hydroxylation is 1. The SMILES string of the molecule is CCOCCn1cc(CCCNC2CC2)c2ccccc21. The Hall–Kier alpha value is -1.32. The number of hydrogen-bond acceptors (Lipinski definition) is 2. The fraction of sp³-hybridized carbons (Fsp3) is 0.556. The van der Waals surface area contributed by atoms with Crippen molar-refractivity contribution in [2.24, 2.45) is 0 Å². The molecule has 0 bridgehead atoms. The molecule has 1 fully saturated rings. The van der Waals surface area contributed by atoms with Crippen LogP contribution in [0.2, 0.25) is 0 Å². The molecule has 2 aromatic rings. The first-order chi connectivity index (χ1) is 10.4. The Morgan fingerprint density at radius 2 is 2.14 bits per heavy atom. The first-order valence-corrected chi connectivity index (χ1v) is 8.26. The smallest absolute Gasteiger partial charge is 0.0645 e. The van der Waals surface area contributed by atoms with E-state index in [0.717, 1.165) is 38.8 Å². The van der Waals surface area contributed by atoms with E-state index in [-0.39, 0.29) is 0 Å². The molecule has 0 radical (unpaired) electrons. The molecular weight excluding hydrogens is 260 g/mol. The zero-order chi connectivity index (χ0) is 14.5. The zero-order valence-corrected chi connectivity index (χ0v) is 13.0. The number of aromatic nitrogens is 1. The lowest BCUT2D eigenvalue weighted by Gasteiger charge is -2.04. The molecule has 21 heavy (non-hydrogen) atoms. The zero-order valence-electron chi connectivity index (χ0n) is 13.0. The molecular formula is C18H26N2O. The average molecular weight is 286 g/mol. The molecule has 3 rings (SSSR count). The second-order valence-corrected chi connectivity index (χ2v) is 5.89. The standard InChI is InChI=1S/C18H26N2O/c1-2-21-13-12-20-14-15(6-5-11-19-16-9-10-16)17-7-3-4-8-18(17)20/h3-4,7-8,14,16,19H,2,5-6,9-13H2,1H3. The minimum absolute atomic E-state index is 0.790. The number of nitrogens with zero attached hydrogens (tertiary/aromatic N) is 1.